The van der Waals surface area contributed by atoms with Gasteiger partial charge < -0.3 is 5.32 Å². The Kier molecular flexibility index (Phi) is 4.59. The van der Waals surface area contributed by atoms with Crippen LogP contribution in [-0.4, -0.2) is 42.5 Å². The highest BCUT2D eigenvalue weighted by Gasteiger charge is 2.32. The Morgan fingerprint density at radius 2 is 2.14 bits per heavy atom. The van der Waals surface area contributed by atoms with E-state index in [4.69, 9.17) is 0 Å². The van der Waals surface area contributed by atoms with Crippen molar-refractivity contribution in [2.75, 3.05) is 23.8 Å². The van der Waals surface area contributed by atoms with Crippen molar-refractivity contribution < 1.29 is 8.42 Å². The smallest absolute Gasteiger partial charge is 0.166 e. The van der Waals surface area contributed by atoms with Crippen LogP contribution in [0.2, 0.25) is 0 Å². The first-order valence-corrected chi connectivity index (χ1v) is 10.3. The number of hydrogen-bond acceptors (Lipinski definition) is 5. The lowest BCUT2D eigenvalue weighted by molar-refractivity contribution is 0.261. The fourth-order valence-corrected chi connectivity index (χ4v) is 6.08. The van der Waals surface area contributed by atoms with Crippen molar-refractivity contribution in [2.45, 2.75) is 31.9 Å². The van der Waals surface area contributed by atoms with E-state index >= 15 is 0 Å². The third-order valence-electron chi connectivity index (χ3n) is 4.29. The van der Waals surface area contributed by atoms with E-state index < -0.39 is 9.84 Å². The number of hydrogen-bond donors (Lipinski definition) is 1. The molecule has 1 saturated heterocycles. The molecule has 6 heteroatoms. The van der Waals surface area contributed by atoms with Gasteiger partial charge in [-0.1, -0.05) is 25.1 Å². The molecule has 0 aromatic heterocycles. The van der Waals surface area contributed by atoms with Crippen LogP contribution in [0.25, 0.3) is 0 Å². The summed E-state index contributed by atoms with van der Waals surface area (Å²) in [5, 5.41) is 3.02. The molecule has 1 fully saturated rings. The third kappa shape index (κ3) is 3.28. The largest absolute Gasteiger partial charge is 0.309 e. The van der Waals surface area contributed by atoms with Crippen molar-refractivity contribution in [3.63, 3.8) is 0 Å². The topological polar surface area (TPSA) is 49.4 Å². The second kappa shape index (κ2) is 6.28. The number of nitrogens with zero attached hydrogens (tertiary/aromatic N) is 1. The molecule has 1 unspecified atom stereocenters. The second-order valence-electron chi connectivity index (χ2n) is 5.66. The van der Waals surface area contributed by atoms with Gasteiger partial charge >= 0.3 is 0 Å². The zero-order valence-corrected chi connectivity index (χ0v) is 14.0. The summed E-state index contributed by atoms with van der Waals surface area (Å²) < 4.78 is 24.6. The van der Waals surface area contributed by atoms with E-state index in [9.17, 15) is 8.42 Å². The maximum atomic E-state index is 12.3. The molecular formula is C15H22N2O2S2. The first-order valence-electron chi connectivity index (χ1n) is 7.45. The molecule has 1 aromatic carbocycles. The highest BCUT2D eigenvalue weighted by molar-refractivity contribution is 8.01. The van der Waals surface area contributed by atoms with Crippen molar-refractivity contribution in [3.05, 3.63) is 34.9 Å². The van der Waals surface area contributed by atoms with E-state index in [0.29, 0.717) is 5.75 Å². The SMILES string of the molecule is CCS(=O)(=O)C1CSCCN1Cc1ccc2c(c1)CNC2. The Labute approximate surface area is 131 Å². The number of rotatable bonds is 4. The lowest BCUT2D eigenvalue weighted by atomic mass is 10.1. The Morgan fingerprint density at radius 1 is 1.33 bits per heavy atom. The Balaban J connectivity index is 1.78. The van der Waals surface area contributed by atoms with Crippen LogP contribution in [0, 0.1) is 0 Å². The van der Waals surface area contributed by atoms with E-state index in [1.165, 1.54) is 16.7 Å². The molecular weight excluding hydrogens is 304 g/mol. The van der Waals surface area contributed by atoms with Gasteiger partial charge in [-0.15, -0.1) is 0 Å². The minimum Gasteiger partial charge on any atom is -0.309 e. The van der Waals surface area contributed by atoms with Gasteiger partial charge in [-0.05, 0) is 16.7 Å². The van der Waals surface area contributed by atoms with Crippen LogP contribution in [0.4, 0.5) is 0 Å². The van der Waals surface area contributed by atoms with Crippen LogP contribution in [0.3, 0.4) is 0 Å². The minimum atomic E-state index is -3.01. The summed E-state index contributed by atoms with van der Waals surface area (Å²) in [6.07, 6.45) is 0. The highest BCUT2D eigenvalue weighted by atomic mass is 32.2. The molecule has 2 aliphatic heterocycles. The molecule has 3 rings (SSSR count). The molecule has 0 spiro atoms. The zero-order valence-electron chi connectivity index (χ0n) is 12.3. The molecule has 0 radical (unpaired) electrons. The summed E-state index contributed by atoms with van der Waals surface area (Å²) in [6.45, 7) is 5.20. The maximum Gasteiger partial charge on any atom is 0.166 e. The van der Waals surface area contributed by atoms with Crippen LogP contribution in [0.1, 0.15) is 23.6 Å². The van der Waals surface area contributed by atoms with Gasteiger partial charge in [0.1, 0.15) is 5.37 Å². The third-order valence-corrected chi connectivity index (χ3v) is 7.63. The van der Waals surface area contributed by atoms with E-state index in [0.717, 1.165) is 31.9 Å². The van der Waals surface area contributed by atoms with Crippen molar-refractivity contribution >= 4 is 21.6 Å². The van der Waals surface area contributed by atoms with E-state index in [-0.39, 0.29) is 11.1 Å². The first-order chi connectivity index (χ1) is 10.1. The molecule has 0 bridgehead atoms. The quantitative estimate of drug-likeness (QED) is 0.911. The summed E-state index contributed by atoms with van der Waals surface area (Å²) in [6, 6.07) is 6.54. The lowest BCUT2D eigenvalue weighted by Gasteiger charge is -2.34. The van der Waals surface area contributed by atoms with Gasteiger partial charge in [0.05, 0.1) is 0 Å². The summed E-state index contributed by atoms with van der Waals surface area (Å²) in [7, 11) is -3.01. The predicted octanol–water partition coefficient (Wildman–Crippen LogP) is 1.60. The predicted molar refractivity (Wildman–Crippen MR) is 88.0 cm³/mol. The van der Waals surface area contributed by atoms with Crippen molar-refractivity contribution in [2.24, 2.45) is 0 Å². The zero-order chi connectivity index (χ0) is 14.9. The van der Waals surface area contributed by atoms with Gasteiger partial charge in [0, 0.05) is 43.4 Å². The average molecular weight is 326 g/mol. The second-order valence-corrected chi connectivity index (χ2v) is 9.26. The fourth-order valence-electron chi connectivity index (χ4n) is 3.00. The van der Waals surface area contributed by atoms with E-state index in [1.54, 1.807) is 18.7 Å². The van der Waals surface area contributed by atoms with Gasteiger partial charge in [0.15, 0.2) is 9.84 Å². The number of nitrogens with one attached hydrogen (secondary N) is 1. The first kappa shape index (κ1) is 15.3. The molecule has 0 amide bonds. The normalized spacial score (nSPS) is 23.2. The van der Waals surface area contributed by atoms with Crippen LogP contribution in [0.5, 0.6) is 0 Å². The molecule has 2 heterocycles. The lowest BCUT2D eigenvalue weighted by Crippen LogP contribution is -2.47. The van der Waals surface area contributed by atoms with Gasteiger partial charge in [0.2, 0.25) is 0 Å². The number of fused-ring (bicyclic) bond motifs is 1. The maximum absolute atomic E-state index is 12.3. The van der Waals surface area contributed by atoms with Gasteiger partial charge in [-0.2, -0.15) is 11.8 Å². The number of benzene rings is 1. The summed E-state index contributed by atoms with van der Waals surface area (Å²) in [5.74, 6) is 1.94. The molecule has 2 aliphatic rings. The summed E-state index contributed by atoms with van der Waals surface area (Å²) >= 11 is 1.75. The highest BCUT2D eigenvalue weighted by Crippen LogP contribution is 2.25. The minimum absolute atomic E-state index is 0.225. The van der Waals surface area contributed by atoms with Crippen LogP contribution in [-0.2, 0) is 29.5 Å². The number of thioether (sulfide) groups is 1. The van der Waals surface area contributed by atoms with Gasteiger partial charge in [0.25, 0.3) is 0 Å². The monoisotopic (exact) mass is 326 g/mol. The molecule has 4 nitrogen and oxygen atoms in total. The molecule has 1 atom stereocenters. The molecule has 21 heavy (non-hydrogen) atoms. The summed E-state index contributed by atoms with van der Waals surface area (Å²) in [5.41, 5.74) is 3.94. The standard InChI is InChI=1S/C15H22N2O2S2/c1-2-21(18,19)15-11-20-6-5-17(15)10-12-3-4-13-8-16-9-14(13)7-12/h3-4,7,15-16H,2,5-6,8-11H2,1H3. The van der Waals surface area contributed by atoms with Gasteiger partial charge in [-0.25, -0.2) is 8.42 Å². The Hall–Kier alpha value is -0.560. The van der Waals surface area contributed by atoms with Crippen LogP contribution >= 0.6 is 11.8 Å². The van der Waals surface area contributed by atoms with Gasteiger partial charge in [-0.3, -0.25) is 4.90 Å². The average Bonchev–Trinajstić information content (AvgIpc) is 2.95. The fraction of sp³-hybridized carbons (Fsp3) is 0.600. The molecule has 0 saturated carbocycles. The van der Waals surface area contributed by atoms with Crippen molar-refractivity contribution in [1.82, 2.24) is 10.2 Å². The number of sulfone groups is 1. The Bertz CT molecular complexity index is 616. The Morgan fingerprint density at radius 3 is 2.95 bits per heavy atom. The summed E-state index contributed by atoms with van der Waals surface area (Å²) in [4.78, 5) is 2.14. The van der Waals surface area contributed by atoms with E-state index in [1.807, 2.05) is 0 Å². The molecule has 116 valence electrons. The van der Waals surface area contributed by atoms with Crippen molar-refractivity contribution in [1.29, 1.82) is 0 Å². The van der Waals surface area contributed by atoms with Crippen LogP contribution < -0.4 is 5.32 Å². The molecule has 1 N–H and O–H groups in total. The van der Waals surface area contributed by atoms with E-state index in [2.05, 4.69) is 28.4 Å². The molecule has 1 aromatic rings. The van der Waals surface area contributed by atoms with Crippen molar-refractivity contribution in [3.8, 4) is 0 Å². The van der Waals surface area contributed by atoms with Crippen LogP contribution in [0.15, 0.2) is 18.2 Å². The molecule has 0 aliphatic carbocycles.